The van der Waals surface area contributed by atoms with Crippen LogP contribution < -0.4 is 16.0 Å². The number of hydrogen-bond acceptors (Lipinski definition) is 4. The minimum Gasteiger partial charge on any atom is -0.481 e. The molecule has 0 bridgehead atoms. The summed E-state index contributed by atoms with van der Waals surface area (Å²) < 4.78 is 0. The van der Waals surface area contributed by atoms with E-state index >= 15 is 0 Å². The second-order valence-electron chi connectivity index (χ2n) is 10.8. The van der Waals surface area contributed by atoms with E-state index in [1.807, 2.05) is 39.8 Å². The van der Waals surface area contributed by atoms with Crippen molar-refractivity contribution in [2.24, 2.45) is 4.99 Å². The Balaban J connectivity index is 1.89. The summed E-state index contributed by atoms with van der Waals surface area (Å²) >= 11 is 0. The normalized spacial score (nSPS) is 18.0. The first-order valence-electron chi connectivity index (χ1n) is 14.1. The van der Waals surface area contributed by atoms with Gasteiger partial charge in [-0.15, -0.1) is 0 Å². The Kier molecular flexibility index (Phi) is 8.99. The molecule has 2 aliphatic rings. The molecule has 0 fully saturated rings. The number of aromatic nitrogens is 2. The van der Waals surface area contributed by atoms with E-state index in [0.717, 1.165) is 39.6 Å². The van der Waals surface area contributed by atoms with Crippen molar-refractivity contribution in [1.82, 2.24) is 15.3 Å². The van der Waals surface area contributed by atoms with Gasteiger partial charge in [0.1, 0.15) is 0 Å². The molecule has 5 N–H and O–H groups in total. The number of allylic oxidation sites excluding steroid dienone is 1. The summed E-state index contributed by atoms with van der Waals surface area (Å²) in [5.41, 5.74) is 8.04. The van der Waals surface area contributed by atoms with Crippen LogP contribution in [0.15, 0.2) is 46.0 Å². The van der Waals surface area contributed by atoms with Crippen LogP contribution in [-0.2, 0) is 32.0 Å². The van der Waals surface area contributed by atoms with E-state index in [-0.39, 0.29) is 30.7 Å². The van der Waals surface area contributed by atoms with Crippen LogP contribution in [-0.4, -0.2) is 55.7 Å². The number of carbonyl (C=O) groups is 4. The Hall–Kier alpha value is -4.99. The van der Waals surface area contributed by atoms with Gasteiger partial charge in [0.05, 0.1) is 11.8 Å². The molecule has 1 atom stereocenters. The van der Waals surface area contributed by atoms with Gasteiger partial charge in [-0.05, 0) is 86.6 Å². The topological polar surface area (TPSA) is 165 Å². The fourth-order valence-electron chi connectivity index (χ4n) is 5.68. The number of carboxylic acids is 2. The highest BCUT2D eigenvalue weighted by Crippen LogP contribution is 2.26. The van der Waals surface area contributed by atoms with Crippen LogP contribution in [0.25, 0.3) is 18.2 Å². The summed E-state index contributed by atoms with van der Waals surface area (Å²) in [6, 6.07) is -0.249. The monoisotopic (exact) mass is 584 g/mol. The van der Waals surface area contributed by atoms with Crippen molar-refractivity contribution >= 4 is 47.7 Å². The molecule has 2 aromatic rings. The van der Waals surface area contributed by atoms with Crippen LogP contribution >= 0.6 is 0 Å². The minimum absolute atomic E-state index is 0.0863. The summed E-state index contributed by atoms with van der Waals surface area (Å²) in [5, 5.41) is 23.1. The Labute approximate surface area is 249 Å². The highest BCUT2D eigenvalue weighted by atomic mass is 16.4. The zero-order chi connectivity index (χ0) is 31.6. The van der Waals surface area contributed by atoms with Gasteiger partial charge in [0.2, 0.25) is 0 Å². The maximum atomic E-state index is 12.4. The van der Waals surface area contributed by atoms with Crippen LogP contribution in [0.2, 0.25) is 0 Å². The number of rotatable bonds is 11. The zero-order valence-corrected chi connectivity index (χ0v) is 25.0. The summed E-state index contributed by atoms with van der Waals surface area (Å²) in [6.07, 6.45) is 9.06. The second kappa shape index (κ2) is 12.5. The van der Waals surface area contributed by atoms with Gasteiger partial charge in [0, 0.05) is 57.7 Å². The van der Waals surface area contributed by atoms with E-state index in [0.29, 0.717) is 51.7 Å². The molecule has 2 aliphatic heterocycles. The molecule has 0 radical (unpaired) electrons. The van der Waals surface area contributed by atoms with Crippen molar-refractivity contribution in [2.75, 3.05) is 0 Å². The largest absolute Gasteiger partial charge is 0.481 e. The number of aromatic amines is 2. The Morgan fingerprint density at radius 1 is 1.02 bits per heavy atom. The quantitative estimate of drug-likeness (QED) is 0.255. The van der Waals surface area contributed by atoms with E-state index in [4.69, 9.17) is 0 Å². The highest BCUT2D eigenvalue weighted by molar-refractivity contribution is 6.30. The lowest BCUT2D eigenvalue weighted by molar-refractivity contribution is -0.137. The molecule has 4 heterocycles. The summed E-state index contributed by atoms with van der Waals surface area (Å²) in [6.45, 7) is 13.1. The van der Waals surface area contributed by atoms with Crippen molar-refractivity contribution in [3.05, 3.63) is 85.4 Å². The third-order valence-electron chi connectivity index (χ3n) is 8.20. The molecule has 224 valence electrons. The lowest BCUT2D eigenvalue weighted by Gasteiger charge is -2.12. The molecular formula is C33H36N4O6. The predicted octanol–water partition coefficient (Wildman–Crippen LogP) is 2.94. The Morgan fingerprint density at radius 2 is 1.74 bits per heavy atom. The van der Waals surface area contributed by atoms with Crippen molar-refractivity contribution in [3.63, 3.8) is 0 Å². The van der Waals surface area contributed by atoms with E-state index in [2.05, 4.69) is 26.9 Å². The smallest absolute Gasteiger partial charge is 0.328 e. The summed E-state index contributed by atoms with van der Waals surface area (Å²) in [7, 11) is 0. The van der Waals surface area contributed by atoms with Crippen molar-refractivity contribution in [2.45, 2.75) is 66.3 Å². The van der Waals surface area contributed by atoms with Gasteiger partial charge < -0.3 is 25.5 Å². The van der Waals surface area contributed by atoms with E-state index in [1.165, 1.54) is 6.08 Å². The average molecular weight is 585 g/mol. The predicted molar refractivity (Wildman–Crippen MR) is 165 cm³/mol. The first kappa shape index (κ1) is 31.0. The summed E-state index contributed by atoms with van der Waals surface area (Å²) in [5.74, 6) is -2.47. The standard InChI is InChI=1S/C33H36N4O6/c1-7-20-19(6)32(42)37-27(20)14-25-18(5)23(10-12-31(40)41)29(35-25)15-28-22(9-11-30(38)39)17(4)24(34-28)13-26-16(3)21(8-2)33(43)36-26/h8-9,11,14-15,26,34-35H,2,7,10,12-13H2,1,3-6H3,(H,36,43)(H,38,39)(H,40,41)/b11-9+,25-14+,29-15-/t26-/m1/s1. The number of nitrogens with zero attached hydrogens (tertiary/aromatic N) is 1. The molecule has 4 rings (SSSR count). The molecule has 10 nitrogen and oxygen atoms in total. The van der Waals surface area contributed by atoms with Crippen LogP contribution in [0, 0.1) is 13.8 Å². The number of H-pyrrole nitrogens is 2. The molecule has 0 saturated heterocycles. The average Bonchev–Trinajstić information content (AvgIpc) is 3.59. The number of carbonyl (C=O) groups excluding carboxylic acids is 2. The Morgan fingerprint density at radius 3 is 2.35 bits per heavy atom. The van der Waals surface area contributed by atoms with Gasteiger partial charge >= 0.3 is 11.9 Å². The molecule has 2 amide bonds. The van der Waals surface area contributed by atoms with Crippen LogP contribution in [0.3, 0.4) is 0 Å². The van der Waals surface area contributed by atoms with E-state index in [9.17, 15) is 29.4 Å². The number of amides is 2. The molecule has 43 heavy (non-hydrogen) atoms. The minimum atomic E-state index is -1.10. The maximum absolute atomic E-state index is 12.4. The third kappa shape index (κ3) is 6.28. The third-order valence-corrected chi connectivity index (χ3v) is 8.20. The first-order chi connectivity index (χ1) is 20.4. The lowest BCUT2D eigenvalue weighted by Crippen LogP contribution is -2.30. The van der Waals surface area contributed by atoms with Gasteiger partial charge in [-0.1, -0.05) is 19.6 Å². The van der Waals surface area contributed by atoms with E-state index < -0.39 is 11.9 Å². The Bertz CT molecular complexity index is 1810. The van der Waals surface area contributed by atoms with Gasteiger partial charge in [-0.25, -0.2) is 9.79 Å². The van der Waals surface area contributed by atoms with Gasteiger partial charge in [-0.3, -0.25) is 14.4 Å². The fourth-order valence-corrected chi connectivity index (χ4v) is 5.68. The van der Waals surface area contributed by atoms with Crippen molar-refractivity contribution in [3.8, 4) is 0 Å². The molecule has 2 aromatic heterocycles. The van der Waals surface area contributed by atoms with Crippen LogP contribution in [0.1, 0.15) is 67.3 Å². The van der Waals surface area contributed by atoms with Gasteiger partial charge in [0.15, 0.2) is 0 Å². The number of nitrogens with one attached hydrogen (secondary N) is 3. The lowest BCUT2D eigenvalue weighted by atomic mass is 10.00. The number of aliphatic imine (C=N–C) groups is 1. The fraction of sp³-hybridized carbons (Fsp3) is 0.303. The molecule has 0 aliphatic carbocycles. The van der Waals surface area contributed by atoms with Gasteiger partial charge in [-0.2, -0.15) is 0 Å². The SMILES string of the molecule is C=CC1=C(C)[C@@H](Cc2[nH]c(/C=c3\[nH]/c(=C/C4=NC(=O)C(C)=C4CC)c(C)c3CCC(=O)O)c(/C=C/C(=O)O)c2C)NC1=O. The molecular weight excluding hydrogens is 548 g/mol. The molecule has 0 unspecified atom stereocenters. The number of aliphatic carboxylic acids is 2. The highest BCUT2D eigenvalue weighted by Gasteiger charge is 2.28. The number of hydrogen-bond donors (Lipinski definition) is 5. The van der Waals surface area contributed by atoms with Crippen LogP contribution in [0.5, 0.6) is 0 Å². The van der Waals surface area contributed by atoms with E-state index in [1.54, 1.807) is 13.0 Å². The second-order valence-corrected chi connectivity index (χ2v) is 10.8. The van der Waals surface area contributed by atoms with Crippen molar-refractivity contribution < 1.29 is 29.4 Å². The summed E-state index contributed by atoms with van der Waals surface area (Å²) in [4.78, 5) is 58.6. The zero-order valence-electron chi connectivity index (χ0n) is 25.0. The van der Waals surface area contributed by atoms with Crippen LogP contribution in [0.4, 0.5) is 0 Å². The molecule has 0 saturated carbocycles. The van der Waals surface area contributed by atoms with Crippen molar-refractivity contribution in [1.29, 1.82) is 0 Å². The van der Waals surface area contributed by atoms with Gasteiger partial charge in [0.25, 0.3) is 11.8 Å². The maximum Gasteiger partial charge on any atom is 0.328 e. The number of carboxylic acid groups (broad SMARTS) is 2. The molecule has 10 heteroatoms. The molecule has 0 aromatic carbocycles. The molecule has 0 spiro atoms. The first-order valence-corrected chi connectivity index (χ1v) is 14.1.